The fraction of sp³-hybridized carbons (Fsp3) is 0.143. The predicted octanol–water partition coefficient (Wildman–Crippen LogP) is 0.445. The molecule has 0 unspecified atom stereocenters. The van der Waals surface area contributed by atoms with Gasteiger partial charge in [0.1, 0.15) is 6.33 Å². The molecule has 16 heavy (non-hydrogen) atoms. The van der Waals surface area contributed by atoms with Crippen LogP contribution in [0.4, 0.5) is 5.95 Å². The molecule has 84 valence electrons. The minimum atomic E-state index is 0.199. The number of hydrogen-bond donors (Lipinski definition) is 2. The van der Waals surface area contributed by atoms with E-state index >= 15 is 0 Å². The number of nitrogens with one attached hydrogen (secondary N) is 1. The van der Waals surface area contributed by atoms with Gasteiger partial charge in [-0.15, -0.1) is 5.10 Å². The largest absolute Gasteiger partial charge is 0.403 e. The second-order valence-electron chi connectivity index (χ2n) is 2.79. The van der Waals surface area contributed by atoms with E-state index in [-0.39, 0.29) is 17.8 Å². The van der Waals surface area contributed by atoms with Crippen molar-refractivity contribution in [2.75, 3.05) is 5.43 Å². The zero-order valence-corrected chi connectivity index (χ0v) is 9.84. The van der Waals surface area contributed by atoms with E-state index in [9.17, 15) is 0 Å². The molecule has 0 atom stereocenters. The minimum absolute atomic E-state index is 0.199. The first-order valence-electron chi connectivity index (χ1n) is 4.21. The molecular weight excluding hydrogens is 278 g/mol. The lowest BCUT2D eigenvalue weighted by Crippen LogP contribution is -2.10. The van der Waals surface area contributed by atoms with Crippen LogP contribution in [0.2, 0.25) is 0 Å². The fourth-order valence-corrected chi connectivity index (χ4v) is 1.22. The number of nitrogen functional groups attached to an aromatic ring is 1. The van der Waals surface area contributed by atoms with Gasteiger partial charge in [0.25, 0.3) is 0 Å². The highest BCUT2D eigenvalue weighted by molar-refractivity contribution is 9.10. The second kappa shape index (κ2) is 4.41. The van der Waals surface area contributed by atoms with Gasteiger partial charge in [0.05, 0.1) is 10.7 Å². The molecule has 0 bridgehead atoms. The van der Waals surface area contributed by atoms with Gasteiger partial charge in [-0.2, -0.15) is 9.97 Å². The number of halogens is 1. The molecule has 0 aliphatic heterocycles. The van der Waals surface area contributed by atoms with E-state index in [1.54, 1.807) is 7.05 Å². The molecule has 2 heterocycles. The third kappa shape index (κ3) is 2.25. The number of hydrazine groups is 1. The molecule has 0 saturated heterocycles. The van der Waals surface area contributed by atoms with Crippen LogP contribution < -0.4 is 16.0 Å². The smallest absolute Gasteiger partial charge is 0.342 e. The molecule has 9 heteroatoms. The van der Waals surface area contributed by atoms with Crippen molar-refractivity contribution in [3.8, 4) is 11.9 Å². The monoisotopic (exact) mass is 285 g/mol. The van der Waals surface area contributed by atoms with Gasteiger partial charge in [-0.05, 0) is 15.9 Å². The Hall–Kier alpha value is -1.74. The third-order valence-electron chi connectivity index (χ3n) is 1.61. The first-order chi connectivity index (χ1) is 7.69. The number of hydrogen-bond acceptors (Lipinski definition) is 7. The topological polar surface area (TPSA) is 104 Å². The van der Waals surface area contributed by atoms with Crippen LogP contribution in [0, 0.1) is 0 Å². The van der Waals surface area contributed by atoms with Crippen molar-refractivity contribution in [1.82, 2.24) is 24.7 Å². The zero-order valence-electron chi connectivity index (χ0n) is 8.25. The Kier molecular flexibility index (Phi) is 2.97. The summed E-state index contributed by atoms with van der Waals surface area (Å²) in [5.74, 6) is 5.72. The van der Waals surface area contributed by atoms with Crippen LogP contribution in [-0.2, 0) is 7.05 Å². The summed E-state index contributed by atoms with van der Waals surface area (Å²) in [5.41, 5.74) is 2.32. The average Bonchev–Trinajstić information content (AvgIpc) is 2.67. The summed E-state index contributed by atoms with van der Waals surface area (Å²) in [5, 5.41) is 3.95. The van der Waals surface area contributed by atoms with Crippen molar-refractivity contribution >= 4 is 21.9 Å². The standard InChI is InChI=1S/C7H8BrN7O/c1-15-3-11-7(14-15)16-5-4(8)2-10-6(12-5)13-9/h2-3H,9H2,1H3,(H,10,12,13). The molecule has 3 N–H and O–H groups in total. The molecule has 0 saturated carbocycles. The Morgan fingerprint density at radius 2 is 2.31 bits per heavy atom. The van der Waals surface area contributed by atoms with Crippen molar-refractivity contribution < 1.29 is 4.74 Å². The lowest BCUT2D eigenvalue weighted by Gasteiger charge is -2.03. The summed E-state index contributed by atoms with van der Waals surface area (Å²) in [6, 6.07) is 0.199. The van der Waals surface area contributed by atoms with Gasteiger partial charge >= 0.3 is 6.01 Å². The third-order valence-corrected chi connectivity index (χ3v) is 2.15. The number of ether oxygens (including phenoxy) is 1. The van der Waals surface area contributed by atoms with Crippen molar-refractivity contribution in [2.24, 2.45) is 12.9 Å². The number of aromatic nitrogens is 5. The van der Waals surface area contributed by atoms with Crippen molar-refractivity contribution in [3.05, 3.63) is 17.0 Å². The summed E-state index contributed by atoms with van der Waals surface area (Å²) in [7, 11) is 1.74. The SMILES string of the molecule is Cn1cnc(Oc2nc(NN)ncc2Br)n1. The van der Waals surface area contributed by atoms with Crippen LogP contribution in [0.1, 0.15) is 0 Å². The fourth-order valence-electron chi connectivity index (χ4n) is 0.945. The van der Waals surface area contributed by atoms with Crippen LogP contribution in [0.5, 0.6) is 11.9 Å². The number of rotatable bonds is 3. The van der Waals surface area contributed by atoms with E-state index in [0.717, 1.165) is 0 Å². The Morgan fingerprint density at radius 3 is 2.94 bits per heavy atom. The maximum atomic E-state index is 5.34. The van der Waals surface area contributed by atoms with Crippen LogP contribution >= 0.6 is 15.9 Å². The van der Waals surface area contributed by atoms with Crippen molar-refractivity contribution in [3.63, 3.8) is 0 Å². The molecule has 0 aliphatic carbocycles. The molecule has 2 aromatic rings. The molecule has 0 aliphatic rings. The molecule has 0 fully saturated rings. The van der Waals surface area contributed by atoms with E-state index in [1.807, 2.05) is 0 Å². The van der Waals surface area contributed by atoms with E-state index in [1.165, 1.54) is 17.2 Å². The predicted molar refractivity (Wildman–Crippen MR) is 58.6 cm³/mol. The number of aryl methyl sites for hydroxylation is 1. The molecule has 0 spiro atoms. The van der Waals surface area contributed by atoms with Crippen LogP contribution in [0.3, 0.4) is 0 Å². The van der Waals surface area contributed by atoms with E-state index in [0.29, 0.717) is 4.47 Å². The van der Waals surface area contributed by atoms with Gasteiger partial charge in [-0.25, -0.2) is 10.8 Å². The normalized spacial score (nSPS) is 10.2. The quantitative estimate of drug-likeness (QED) is 0.623. The first-order valence-corrected chi connectivity index (χ1v) is 5.01. The molecule has 0 amide bonds. The summed E-state index contributed by atoms with van der Waals surface area (Å²) in [4.78, 5) is 11.8. The maximum absolute atomic E-state index is 5.34. The van der Waals surface area contributed by atoms with Crippen molar-refractivity contribution in [2.45, 2.75) is 0 Å². The highest BCUT2D eigenvalue weighted by Crippen LogP contribution is 2.25. The number of nitrogens with zero attached hydrogens (tertiary/aromatic N) is 5. The summed E-state index contributed by atoms with van der Waals surface area (Å²) < 4.78 is 7.44. The zero-order chi connectivity index (χ0) is 11.5. The first kappa shape index (κ1) is 10.8. The van der Waals surface area contributed by atoms with Gasteiger partial charge in [0.15, 0.2) is 0 Å². The highest BCUT2D eigenvalue weighted by Gasteiger charge is 2.09. The molecule has 2 aromatic heterocycles. The van der Waals surface area contributed by atoms with Gasteiger partial charge < -0.3 is 4.74 Å². The Morgan fingerprint density at radius 1 is 1.50 bits per heavy atom. The highest BCUT2D eigenvalue weighted by atomic mass is 79.9. The van der Waals surface area contributed by atoms with E-state index < -0.39 is 0 Å². The maximum Gasteiger partial charge on any atom is 0.342 e. The van der Waals surface area contributed by atoms with E-state index in [2.05, 4.69) is 41.4 Å². The molecular formula is C7H8BrN7O. The van der Waals surface area contributed by atoms with Gasteiger partial charge in [-0.3, -0.25) is 10.1 Å². The van der Waals surface area contributed by atoms with Crippen LogP contribution in [0.15, 0.2) is 17.0 Å². The Bertz CT molecular complexity index is 499. The Balaban J connectivity index is 2.26. The minimum Gasteiger partial charge on any atom is -0.403 e. The van der Waals surface area contributed by atoms with Gasteiger partial charge in [0, 0.05) is 7.05 Å². The number of anilines is 1. The van der Waals surface area contributed by atoms with Gasteiger partial charge in [0.2, 0.25) is 11.8 Å². The average molecular weight is 286 g/mol. The van der Waals surface area contributed by atoms with Crippen LogP contribution in [-0.4, -0.2) is 24.7 Å². The lowest BCUT2D eigenvalue weighted by molar-refractivity contribution is 0.419. The lowest BCUT2D eigenvalue weighted by atomic mass is 10.6. The molecule has 0 aromatic carbocycles. The molecule has 8 nitrogen and oxygen atoms in total. The van der Waals surface area contributed by atoms with Crippen LogP contribution in [0.25, 0.3) is 0 Å². The molecule has 2 rings (SSSR count). The summed E-state index contributed by atoms with van der Waals surface area (Å²) >= 11 is 3.24. The van der Waals surface area contributed by atoms with Crippen molar-refractivity contribution in [1.29, 1.82) is 0 Å². The van der Waals surface area contributed by atoms with E-state index in [4.69, 9.17) is 10.6 Å². The Labute approximate surface area is 99.0 Å². The van der Waals surface area contributed by atoms with Gasteiger partial charge in [-0.1, -0.05) is 0 Å². The number of nitrogens with two attached hydrogens (primary N) is 1. The summed E-state index contributed by atoms with van der Waals surface area (Å²) in [6.07, 6.45) is 3.03. The second-order valence-corrected chi connectivity index (χ2v) is 3.65. The molecule has 0 radical (unpaired) electrons. The summed E-state index contributed by atoms with van der Waals surface area (Å²) in [6.45, 7) is 0.